The summed E-state index contributed by atoms with van der Waals surface area (Å²) in [5.41, 5.74) is 3.20. The van der Waals surface area contributed by atoms with Gasteiger partial charge in [-0.3, -0.25) is 9.78 Å². The Kier molecular flexibility index (Phi) is 5.92. The van der Waals surface area contributed by atoms with Crippen LogP contribution in [0.5, 0.6) is 5.75 Å². The average Bonchev–Trinajstić information content (AvgIpc) is 3.56. The zero-order chi connectivity index (χ0) is 27.5. The number of halogens is 1. The van der Waals surface area contributed by atoms with Gasteiger partial charge in [0.1, 0.15) is 16.3 Å². The standard InChI is InChI=1S/C29H25FN4O4S/c1-16(2)38-26-12-23-25(11-22(26)18-10-20(15-32-14-18)39(30,36)37)34(19-5-3-4-6-19)29-27(28(23)35)21-8-7-17(13-31)9-24(21)33-29/h7-12,14-16,19,33H,3-6H2,1-2H3. The first-order valence-corrected chi connectivity index (χ1v) is 14.2. The van der Waals surface area contributed by atoms with Crippen molar-refractivity contribution in [2.45, 2.75) is 56.6 Å². The number of aromatic amines is 1. The van der Waals surface area contributed by atoms with Gasteiger partial charge in [0.15, 0.2) is 5.43 Å². The molecule has 0 spiro atoms. The molecule has 1 aliphatic carbocycles. The molecule has 3 aromatic heterocycles. The summed E-state index contributed by atoms with van der Waals surface area (Å²) in [6, 6.07) is 12.2. The van der Waals surface area contributed by atoms with E-state index in [1.165, 1.54) is 12.3 Å². The average molecular weight is 545 g/mol. The third-order valence-corrected chi connectivity index (χ3v) is 8.12. The molecule has 1 saturated carbocycles. The van der Waals surface area contributed by atoms with Gasteiger partial charge in [0.25, 0.3) is 0 Å². The van der Waals surface area contributed by atoms with Crippen molar-refractivity contribution in [1.82, 2.24) is 14.5 Å². The predicted octanol–water partition coefficient (Wildman–Crippen LogP) is 6.13. The number of ether oxygens (including phenoxy) is 1. The lowest BCUT2D eigenvalue weighted by atomic mass is 10.0. The Hall–Kier alpha value is -4.23. The van der Waals surface area contributed by atoms with Crippen molar-refractivity contribution in [1.29, 1.82) is 5.26 Å². The van der Waals surface area contributed by atoms with Crippen LogP contribution in [0.15, 0.2) is 58.5 Å². The zero-order valence-corrected chi connectivity index (χ0v) is 22.2. The van der Waals surface area contributed by atoms with E-state index in [0.717, 1.165) is 37.3 Å². The van der Waals surface area contributed by atoms with Crippen LogP contribution in [-0.4, -0.2) is 29.1 Å². The summed E-state index contributed by atoms with van der Waals surface area (Å²) in [6.07, 6.45) is 6.14. The van der Waals surface area contributed by atoms with E-state index in [1.807, 2.05) is 19.9 Å². The van der Waals surface area contributed by atoms with Crippen molar-refractivity contribution in [3.05, 3.63) is 64.6 Å². The fourth-order valence-electron chi connectivity index (χ4n) is 5.69. The number of hydrogen-bond donors (Lipinski definition) is 1. The SMILES string of the molecule is CC(C)Oc1cc2c(=O)c3c4ccc(C#N)cc4[nH]c3n(C3CCCC3)c2cc1-c1cncc(S(=O)(=O)F)c1. The van der Waals surface area contributed by atoms with Gasteiger partial charge in [-0.1, -0.05) is 18.9 Å². The van der Waals surface area contributed by atoms with Crippen molar-refractivity contribution in [2.24, 2.45) is 0 Å². The molecule has 198 valence electrons. The van der Waals surface area contributed by atoms with Crippen molar-refractivity contribution < 1.29 is 17.0 Å². The number of nitriles is 1. The van der Waals surface area contributed by atoms with E-state index in [1.54, 1.807) is 24.3 Å². The van der Waals surface area contributed by atoms with Crippen molar-refractivity contribution in [3.8, 4) is 22.9 Å². The molecule has 6 rings (SSSR count). The zero-order valence-electron chi connectivity index (χ0n) is 21.4. The number of aromatic nitrogens is 3. The molecule has 0 saturated heterocycles. The highest BCUT2D eigenvalue weighted by Crippen LogP contribution is 2.40. The molecule has 0 radical (unpaired) electrons. The first kappa shape index (κ1) is 25.1. The van der Waals surface area contributed by atoms with Crippen LogP contribution < -0.4 is 10.2 Å². The first-order chi connectivity index (χ1) is 18.7. The largest absolute Gasteiger partial charge is 0.490 e. The van der Waals surface area contributed by atoms with E-state index >= 15 is 0 Å². The number of fused-ring (bicyclic) bond motifs is 4. The minimum atomic E-state index is -4.98. The molecule has 39 heavy (non-hydrogen) atoms. The van der Waals surface area contributed by atoms with Crippen LogP contribution in [0, 0.1) is 11.3 Å². The molecule has 0 amide bonds. The maximum Gasteiger partial charge on any atom is 0.333 e. The molecule has 0 aliphatic heterocycles. The number of nitrogens with zero attached hydrogens (tertiary/aromatic N) is 3. The summed E-state index contributed by atoms with van der Waals surface area (Å²) in [5.74, 6) is 0.369. The summed E-state index contributed by atoms with van der Waals surface area (Å²) in [7, 11) is -4.98. The molecule has 0 atom stereocenters. The molecule has 3 heterocycles. The molecule has 5 aromatic rings. The van der Waals surface area contributed by atoms with Gasteiger partial charge >= 0.3 is 10.2 Å². The Labute approximate surface area is 223 Å². The highest BCUT2D eigenvalue weighted by molar-refractivity contribution is 7.86. The smallest absolute Gasteiger partial charge is 0.333 e. The fourth-order valence-corrected chi connectivity index (χ4v) is 6.14. The molecule has 1 aliphatic rings. The Morgan fingerprint density at radius 1 is 1.13 bits per heavy atom. The van der Waals surface area contributed by atoms with Gasteiger partial charge in [0, 0.05) is 40.5 Å². The summed E-state index contributed by atoms with van der Waals surface area (Å²) in [5, 5.41) is 11.2. The number of rotatable bonds is 5. The van der Waals surface area contributed by atoms with Gasteiger partial charge in [-0.05, 0) is 57.0 Å². The summed E-state index contributed by atoms with van der Waals surface area (Å²) >= 11 is 0. The number of pyridine rings is 2. The second-order valence-electron chi connectivity index (χ2n) is 10.2. The topological polar surface area (TPSA) is 118 Å². The maximum atomic E-state index is 14.1. The van der Waals surface area contributed by atoms with Crippen LogP contribution in [0.1, 0.15) is 51.1 Å². The molecule has 1 N–H and O–H groups in total. The highest BCUT2D eigenvalue weighted by Gasteiger charge is 2.26. The monoisotopic (exact) mass is 544 g/mol. The van der Waals surface area contributed by atoms with E-state index in [9.17, 15) is 22.4 Å². The summed E-state index contributed by atoms with van der Waals surface area (Å²) in [6.45, 7) is 3.70. The minimum Gasteiger partial charge on any atom is -0.490 e. The Morgan fingerprint density at radius 2 is 1.90 bits per heavy atom. The molecule has 1 fully saturated rings. The lowest BCUT2D eigenvalue weighted by molar-refractivity contribution is 0.244. The summed E-state index contributed by atoms with van der Waals surface area (Å²) in [4.78, 5) is 20.9. The third kappa shape index (κ3) is 4.23. The number of H-pyrrole nitrogens is 1. The molecule has 2 aromatic carbocycles. The van der Waals surface area contributed by atoms with Gasteiger partial charge in [-0.2, -0.15) is 13.7 Å². The minimum absolute atomic E-state index is 0.125. The summed E-state index contributed by atoms with van der Waals surface area (Å²) < 4.78 is 45.4. The van der Waals surface area contributed by atoms with Crippen LogP contribution in [0.25, 0.3) is 44.0 Å². The Bertz CT molecular complexity index is 2000. The molecule has 8 nitrogen and oxygen atoms in total. The van der Waals surface area contributed by atoms with Gasteiger partial charge in [-0.15, -0.1) is 3.89 Å². The van der Waals surface area contributed by atoms with Crippen LogP contribution in [0.4, 0.5) is 3.89 Å². The molecule has 0 bridgehead atoms. The normalized spacial score (nSPS) is 14.5. The van der Waals surface area contributed by atoms with E-state index in [4.69, 9.17) is 4.74 Å². The highest BCUT2D eigenvalue weighted by atomic mass is 32.3. The first-order valence-electron chi connectivity index (χ1n) is 12.8. The van der Waals surface area contributed by atoms with Crippen LogP contribution in [0.2, 0.25) is 0 Å². The van der Waals surface area contributed by atoms with E-state index in [2.05, 4.69) is 20.6 Å². The van der Waals surface area contributed by atoms with Crippen LogP contribution >= 0.6 is 0 Å². The van der Waals surface area contributed by atoms with E-state index in [0.29, 0.717) is 49.9 Å². The van der Waals surface area contributed by atoms with Crippen molar-refractivity contribution in [3.63, 3.8) is 0 Å². The molecular formula is C29H25FN4O4S. The van der Waals surface area contributed by atoms with E-state index in [-0.39, 0.29) is 17.6 Å². The van der Waals surface area contributed by atoms with Crippen LogP contribution in [-0.2, 0) is 10.2 Å². The molecular weight excluding hydrogens is 519 g/mol. The fraction of sp³-hybridized carbons (Fsp3) is 0.276. The van der Waals surface area contributed by atoms with E-state index < -0.39 is 15.1 Å². The predicted molar refractivity (Wildman–Crippen MR) is 147 cm³/mol. The third-order valence-electron chi connectivity index (χ3n) is 7.34. The second-order valence-corrected chi connectivity index (χ2v) is 11.6. The second kappa shape index (κ2) is 9.20. The molecule has 0 unspecified atom stereocenters. The van der Waals surface area contributed by atoms with Gasteiger partial charge in [0.05, 0.1) is 34.0 Å². The quantitative estimate of drug-likeness (QED) is 0.266. The maximum absolute atomic E-state index is 14.1. The van der Waals surface area contributed by atoms with Gasteiger partial charge in [-0.25, -0.2) is 0 Å². The Morgan fingerprint density at radius 3 is 2.59 bits per heavy atom. The lowest BCUT2D eigenvalue weighted by Crippen LogP contribution is -2.15. The van der Waals surface area contributed by atoms with Crippen molar-refractivity contribution in [2.75, 3.05) is 0 Å². The number of nitrogens with one attached hydrogen (secondary N) is 1. The molecule has 10 heteroatoms. The number of benzene rings is 2. The number of hydrogen-bond acceptors (Lipinski definition) is 6. The van der Waals surface area contributed by atoms with Crippen LogP contribution in [0.3, 0.4) is 0 Å². The van der Waals surface area contributed by atoms with Gasteiger partial charge in [0.2, 0.25) is 0 Å². The Balaban J connectivity index is 1.75. The lowest BCUT2D eigenvalue weighted by Gasteiger charge is -2.22. The van der Waals surface area contributed by atoms with Crippen molar-refractivity contribution >= 4 is 43.1 Å². The van der Waals surface area contributed by atoms with Gasteiger partial charge < -0.3 is 14.3 Å².